The van der Waals surface area contributed by atoms with Crippen LogP contribution < -0.4 is 5.14 Å². The molecular formula is C7H7F2IN2O2S. The quantitative estimate of drug-likeness (QED) is 0.825. The van der Waals surface area contributed by atoms with Crippen LogP contribution in [0.1, 0.15) is 17.8 Å². The fourth-order valence-electron chi connectivity index (χ4n) is 0.970. The lowest BCUT2D eigenvalue weighted by Crippen LogP contribution is -2.15. The molecule has 2 N–H and O–H groups in total. The van der Waals surface area contributed by atoms with E-state index in [-0.39, 0.29) is 14.2 Å². The summed E-state index contributed by atoms with van der Waals surface area (Å²) in [5.74, 6) is 0. The van der Waals surface area contributed by atoms with Crippen molar-refractivity contribution >= 4 is 32.6 Å². The summed E-state index contributed by atoms with van der Waals surface area (Å²) in [4.78, 5) is 3.25. The monoisotopic (exact) mass is 348 g/mol. The summed E-state index contributed by atoms with van der Waals surface area (Å²) in [6, 6.07) is 0.800. The van der Waals surface area contributed by atoms with Crippen molar-refractivity contribution in [3.8, 4) is 0 Å². The number of sulfonamides is 1. The SMILES string of the molecule is Cc1nc(C(F)F)cc(S(N)(=O)=O)c1I. The Morgan fingerprint density at radius 3 is 2.47 bits per heavy atom. The molecule has 15 heavy (non-hydrogen) atoms. The van der Waals surface area contributed by atoms with Gasteiger partial charge in [0, 0.05) is 0 Å². The number of nitrogens with two attached hydrogens (primary N) is 1. The highest BCUT2D eigenvalue weighted by molar-refractivity contribution is 14.1. The molecule has 0 radical (unpaired) electrons. The van der Waals surface area contributed by atoms with Gasteiger partial charge < -0.3 is 0 Å². The molecule has 0 aromatic carbocycles. The number of hydrogen-bond acceptors (Lipinski definition) is 3. The van der Waals surface area contributed by atoms with Gasteiger partial charge in [-0.15, -0.1) is 0 Å². The first-order chi connectivity index (χ1) is 6.73. The van der Waals surface area contributed by atoms with Crippen LogP contribution >= 0.6 is 22.6 Å². The molecule has 0 amide bonds. The molecule has 1 aromatic rings. The highest BCUT2D eigenvalue weighted by atomic mass is 127. The van der Waals surface area contributed by atoms with E-state index in [1.54, 1.807) is 22.6 Å². The molecule has 0 aliphatic rings. The molecule has 0 unspecified atom stereocenters. The summed E-state index contributed by atoms with van der Waals surface area (Å²) in [6.45, 7) is 1.45. The molecule has 0 atom stereocenters. The first-order valence-corrected chi connectivity index (χ1v) is 6.34. The first-order valence-electron chi connectivity index (χ1n) is 3.71. The maximum atomic E-state index is 12.3. The van der Waals surface area contributed by atoms with Crippen LogP contribution in [-0.4, -0.2) is 13.4 Å². The second kappa shape index (κ2) is 4.26. The standard InChI is InChI=1S/C7H7F2IN2O2S/c1-3-6(10)5(15(11,13)14)2-4(12-3)7(8)9/h2,7H,1H3,(H2,11,13,14). The molecule has 0 saturated carbocycles. The topological polar surface area (TPSA) is 73.0 Å². The molecule has 4 nitrogen and oxygen atoms in total. The van der Waals surface area contributed by atoms with Crippen molar-refractivity contribution in [2.75, 3.05) is 0 Å². The van der Waals surface area contributed by atoms with E-state index in [9.17, 15) is 17.2 Å². The van der Waals surface area contributed by atoms with Gasteiger partial charge in [0.15, 0.2) is 0 Å². The Morgan fingerprint density at radius 1 is 1.53 bits per heavy atom. The number of aryl methyl sites for hydroxylation is 1. The lowest BCUT2D eigenvalue weighted by molar-refractivity contribution is 0.145. The second-order valence-electron chi connectivity index (χ2n) is 2.79. The van der Waals surface area contributed by atoms with Gasteiger partial charge in [-0.3, -0.25) is 4.98 Å². The van der Waals surface area contributed by atoms with Gasteiger partial charge in [-0.25, -0.2) is 22.3 Å². The van der Waals surface area contributed by atoms with E-state index in [4.69, 9.17) is 5.14 Å². The predicted octanol–water partition coefficient (Wildman–Crippen LogP) is 1.58. The maximum Gasteiger partial charge on any atom is 0.280 e. The van der Waals surface area contributed by atoms with Crippen molar-refractivity contribution in [1.82, 2.24) is 4.98 Å². The van der Waals surface area contributed by atoms with Crippen molar-refractivity contribution in [3.63, 3.8) is 0 Å². The van der Waals surface area contributed by atoms with E-state index < -0.39 is 22.1 Å². The van der Waals surface area contributed by atoms with Crippen LogP contribution in [0, 0.1) is 10.5 Å². The smallest absolute Gasteiger partial charge is 0.251 e. The minimum atomic E-state index is -3.99. The molecule has 8 heteroatoms. The lowest BCUT2D eigenvalue weighted by atomic mass is 10.3. The minimum Gasteiger partial charge on any atom is -0.251 e. The molecule has 0 aliphatic heterocycles. The van der Waals surface area contributed by atoms with Crippen molar-refractivity contribution in [3.05, 3.63) is 21.0 Å². The lowest BCUT2D eigenvalue weighted by Gasteiger charge is -2.07. The number of nitrogens with zero attached hydrogens (tertiary/aromatic N) is 1. The molecule has 0 spiro atoms. The third kappa shape index (κ3) is 2.82. The molecule has 0 fully saturated rings. The molecule has 1 aromatic heterocycles. The maximum absolute atomic E-state index is 12.3. The van der Waals surface area contributed by atoms with Gasteiger partial charge in [0.2, 0.25) is 10.0 Å². The zero-order valence-corrected chi connectivity index (χ0v) is 10.5. The molecule has 0 bridgehead atoms. The normalized spacial score (nSPS) is 12.1. The van der Waals surface area contributed by atoms with Crippen molar-refractivity contribution < 1.29 is 17.2 Å². The number of alkyl halides is 2. The zero-order valence-electron chi connectivity index (χ0n) is 7.54. The van der Waals surface area contributed by atoms with E-state index in [1.165, 1.54) is 6.92 Å². The van der Waals surface area contributed by atoms with Crippen LogP contribution in [-0.2, 0) is 10.0 Å². The fraction of sp³-hybridized carbons (Fsp3) is 0.286. The van der Waals surface area contributed by atoms with Crippen LogP contribution in [0.15, 0.2) is 11.0 Å². The Morgan fingerprint density at radius 2 is 2.07 bits per heavy atom. The van der Waals surface area contributed by atoms with Crippen molar-refractivity contribution in [1.29, 1.82) is 0 Å². The molecule has 1 heterocycles. The van der Waals surface area contributed by atoms with E-state index in [2.05, 4.69) is 4.98 Å². The molecule has 1 rings (SSSR count). The summed E-state index contributed by atoms with van der Waals surface area (Å²) in [5.41, 5.74) is -0.366. The third-order valence-corrected chi connectivity index (χ3v) is 4.30. The largest absolute Gasteiger partial charge is 0.280 e. The highest BCUT2D eigenvalue weighted by Gasteiger charge is 2.20. The average molecular weight is 348 g/mol. The second-order valence-corrected chi connectivity index (χ2v) is 5.40. The summed E-state index contributed by atoms with van der Waals surface area (Å²) >= 11 is 1.70. The summed E-state index contributed by atoms with van der Waals surface area (Å²) < 4.78 is 47.1. The Balaban J connectivity index is 3.52. The van der Waals surface area contributed by atoms with Crippen LogP contribution in [0.25, 0.3) is 0 Å². The van der Waals surface area contributed by atoms with E-state index in [1.807, 2.05) is 0 Å². The number of pyridine rings is 1. The van der Waals surface area contributed by atoms with Gasteiger partial charge in [0.1, 0.15) is 5.69 Å². The third-order valence-electron chi connectivity index (χ3n) is 1.64. The first kappa shape index (κ1) is 12.7. The summed E-state index contributed by atoms with van der Waals surface area (Å²) in [6.07, 6.45) is -2.82. The molecule has 0 saturated heterocycles. The van der Waals surface area contributed by atoms with Crippen LogP contribution in [0.2, 0.25) is 0 Å². The average Bonchev–Trinajstić information content (AvgIpc) is 2.06. The number of aromatic nitrogens is 1. The Labute approximate surface area is 99.1 Å². The van der Waals surface area contributed by atoms with E-state index >= 15 is 0 Å². The highest BCUT2D eigenvalue weighted by Crippen LogP contribution is 2.25. The van der Waals surface area contributed by atoms with Gasteiger partial charge in [-0.05, 0) is 35.6 Å². The van der Waals surface area contributed by atoms with Crippen molar-refractivity contribution in [2.45, 2.75) is 18.2 Å². The summed E-state index contributed by atoms with van der Waals surface area (Å²) in [7, 11) is -3.99. The van der Waals surface area contributed by atoms with Crippen LogP contribution in [0.4, 0.5) is 8.78 Å². The van der Waals surface area contributed by atoms with Gasteiger partial charge in [-0.1, -0.05) is 0 Å². The Hall–Kier alpha value is -0.350. The van der Waals surface area contributed by atoms with Gasteiger partial charge in [0.25, 0.3) is 6.43 Å². The van der Waals surface area contributed by atoms with Crippen LogP contribution in [0.5, 0.6) is 0 Å². The van der Waals surface area contributed by atoms with Gasteiger partial charge >= 0.3 is 0 Å². The Kier molecular flexibility index (Phi) is 3.61. The van der Waals surface area contributed by atoms with Gasteiger partial charge in [0.05, 0.1) is 14.2 Å². The van der Waals surface area contributed by atoms with Crippen molar-refractivity contribution in [2.24, 2.45) is 5.14 Å². The predicted molar refractivity (Wildman–Crippen MR) is 58.0 cm³/mol. The number of primary sulfonamides is 1. The van der Waals surface area contributed by atoms with E-state index in [0.717, 1.165) is 6.07 Å². The van der Waals surface area contributed by atoms with Crippen LogP contribution in [0.3, 0.4) is 0 Å². The van der Waals surface area contributed by atoms with Gasteiger partial charge in [-0.2, -0.15) is 0 Å². The number of hydrogen-bond donors (Lipinski definition) is 1. The molecule has 0 aliphatic carbocycles. The molecule has 84 valence electrons. The van der Waals surface area contributed by atoms with E-state index in [0.29, 0.717) is 0 Å². The Bertz CT molecular complexity index is 490. The minimum absolute atomic E-state index is 0.220. The fourth-order valence-corrected chi connectivity index (χ4v) is 2.85. The number of halogens is 3. The number of rotatable bonds is 2. The zero-order chi connectivity index (χ0) is 11.8. The molecular weight excluding hydrogens is 341 g/mol. The summed E-state index contributed by atoms with van der Waals surface area (Å²) in [5, 5.41) is 4.89.